The number of aryl methyl sites for hydroxylation is 3. The number of carbonyl (C=O) groups is 11. The average Bonchev–Trinajstić information content (AvgIpc) is 0.723. The fraction of sp³-hybridized carbons (Fsp3) is 0.533. The number of nitrogens with two attached hydrogens (primary N) is 1. The van der Waals surface area contributed by atoms with Gasteiger partial charge in [-0.05, 0) is 175 Å². The molecule has 0 saturated heterocycles. The third-order valence-electron chi connectivity index (χ3n) is 24.9. The lowest BCUT2D eigenvalue weighted by atomic mass is 9.47. The van der Waals surface area contributed by atoms with Gasteiger partial charge in [0.25, 0.3) is 0 Å². The van der Waals surface area contributed by atoms with Crippen molar-refractivity contribution in [2.75, 3.05) is 76.2 Å². The van der Waals surface area contributed by atoms with Crippen molar-refractivity contribution in [3.8, 4) is 11.8 Å². The molecule has 5 aromatic carbocycles. The second-order valence-corrected chi connectivity index (χ2v) is 33.3. The molecule has 1 aliphatic heterocycles. The van der Waals surface area contributed by atoms with E-state index in [1.807, 2.05) is 60.7 Å². The normalized spacial score (nSPS) is 21.1. The van der Waals surface area contributed by atoms with Crippen molar-refractivity contribution in [2.45, 2.75) is 213 Å². The highest BCUT2D eigenvalue weighted by atomic mass is 16.6. The number of alkyl carbamates (subject to hydrolysis) is 1. The quantitative estimate of drug-likeness (QED) is 0.0108. The number of ether oxygens (including phenoxy) is 5. The first-order valence-electron chi connectivity index (χ1n) is 41.4. The molecule has 10 rings (SSSR count). The number of nitrogens with zero attached hydrogens (tertiary/aromatic N) is 1. The molecule has 116 heavy (non-hydrogen) atoms. The molecule has 8 N–H and O–H groups in total. The van der Waals surface area contributed by atoms with Crippen LogP contribution in [0.15, 0.2) is 109 Å². The summed E-state index contributed by atoms with van der Waals surface area (Å²) in [5.74, 6) is 2.11. The number of Topliss-reactive ketones (excluding diaryl/α,β-unsaturated/α-hetero) is 4. The lowest BCUT2D eigenvalue weighted by molar-refractivity contribution is -0.146. The lowest BCUT2D eigenvalue weighted by Gasteiger charge is -2.56. The molecule has 1 heterocycles. The van der Waals surface area contributed by atoms with E-state index >= 15 is 4.79 Å². The number of carboxylic acids is 1. The predicted octanol–water partition coefficient (Wildman–Crippen LogP) is 11.9. The molecule has 24 nitrogen and oxygen atoms in total. The number of carboxylic acid groups (broad SMARTS) is 1. The van der Waals surface area contributed by atoms with Crippen molar-refractivity contribution in [1.82, 2.24) is 21.3 Å². The number of benzene rings is 5. The summed E-state index contributed by atoms with van der Waals surface area (Å²) in [5.41, 5.74) is 14.4. The summed E-state index contributed by atoms with van der Waals surface area (Å²) in [6.07, 6.45) is 7.01. The maximum atomic E-state index is 15.0. The topological polar surface area (TPSA) is 344 Å². The highest BCUT2D eigenvalue weighted by Crippen LogP contribution is 2.61. The zero-order valence-electron chi connectivity index (χ0n) is 68.5. The molecule has 5 aromatic rings. The number of hydrogen-bond donors (Lipinski definition) is 7. The number of primary amides is 1. The van der Waals surface area contributed by atoms with E-state index < -0.39 is 76.4 Å². The van der Waals surface area contributed by atoms with Crippen LogP contribution in [0.4, 0.5) is 21.0 Å². The highest BCUT2D eigenvalue weighted by molar-refractivity contribution is 6.05. The fourth-order valence-electron chi connectivity index (χ4n) is 18.5. The van der Waals surface area contributed by atoms with Crippen LogP contribution in [-0.4, -0.2) is 148 Å². The van der Waals surface area contributed by atoms with Gasteiger partial charge in [0.1, 0.15) is 18.2 Å². The first-order chi connectivity index (χ1) is 55.6. The van der Waals surface area contributed by atoms with Gasteiger partial charge in [-0.1, -0.05) is 151 Å². The van der Waals surface area contributed by atoms with Crippen LogP contribution in [0.25, 0.3) is 0 Å². The van der Waals surface area contributed by atoms with Crippen molar-refractivity contribution in [3.05, 3.63) is 165 Å². The number of nitrogens with one attached hydrogen (secondary N) is 5. The Kier molecular flexibility index (Phi) is 31.5. The SMILES string of the molecule is Cc1ccc2c(c1)[C@@]1(C)CCC[C@](C)(C(=O)CC(=O)[C@@]3(C)CCC[C@]4(C)c5cc(CC(=O)[C@H](CCC(=O)O)NC(=O)OCc6ccc(NC(=O)[C@H](CCCNC(N)=O)CC(=O)[C@@H](NC(=O)CCOCCOCCOCCOCCNC(=O)CCC(=O)N7Cc8ccccc8C#Cc8ccccc87)C(C)C)cc6)ccc5CC[C@@H]34)[C@@H]1CC2. The van der Waals surface area contributed by atoms with Crippen LogP contribution in [0.5, 0.6) is 0 Å². The molecule has 7 amide bonds. The molecule has 24 heteroatoms. The summed E-state index contributed by atoms with van der Waals surface area (Å²) in [5, 5.41) is 23.3. The van der Waals surface area contributed by atoms with E-state index in [1.54, 1.807) is 43.0 Å². The first kappa shape index (κ1) is 88.4. The number of urea groups is 1. The van der Waals surface area contributed by atoms with Crippen molar-refractivity contribution >= 4 is 76.2 Å². The Morgan fingerprint density at radius 3 is 1.81 bits per heavy atom. The molecule has 0 radical (unpaired) electrons. The standard InChI is InChI=1S/C92H117N7O17/c1-60(2)85(98-82(105)38-45-112-47-49-114-51-52-115-50-48-113-46-44-94-81(104)35-36-83(106)99-58-69-17-9-8-15-64(69)26-27-67-16-10-11-19-74(67)99)76(101)56-68(18-12-43-95-87(93)110)86(109)96-70-30-22-62(23-31-70)59-116-88(111)97-73(32-37-84(107)108)75(100)55-63-21-25-66-29-34-78-90(5,72(66)54-63)40-14-42-92(78,7)80(103)57-79(102)91(6)41-13-39-89(4)71-53-61(3)20-24-65(71)28-33-77(89)91/h8-11,15-17,19-25,30-31,53-54,60,68,73,77-78,85H,12-14,18,28-29,32-52,55-59H2,1-7H3,(H,94,104)(H,96,109)(H,97,111)(H,98,105)(H,107,108)(H3,93,95,110)/t68-,73+,77-,78-,85+,89-,90-,91+,92+/m1/s1. The Balaban J connectivity index is 0.617. The monoisotopic (exact) mass is 1590 g/mol. The number of rotatable bonds is 42. The molecule has 0 bridgehead atoms. The van der Waals surface area contributed by atoms with Gasteiger partial charge in [0.05, 0.1) is 83.6 Å². The van der Waals surface area contributed by atoms with Gasteiger partial charge in [-0.2, -0.15) is 0 Å². The number of hydrogen-bond acceptors (Lipinski definition) is 16. The molecule has 0 spiro atoms. The van der Waals surface area contributed by atoms with Crippen LogP contribution in [0.3, 0.4) is 0 Å². The van der Waals surface area contributed by atoms with E-state index in [1.165, 1.54) is 16.7 Å². The van der Waals surface area contributed by atoms with Gasteiger partial charge in [-0.3, -0.25) is 43.2 Å². The first-order valence-corrected chi connectivity index (χ1v) is 41.4. The van der Waals surface area contributed by atoms with E-state index in [-0.39, 0.29) is 156 Å². The van der Waals surface area contributed by atoms with Gasteiger partial charge in [0, 0.05) is 85.2 Å². The van der Waals surface area contributed by atoms with Crippen LogP contribution in [0.2, 0.25) is 0 Å². The van der Waals surface area contributed by atoms with Gasteiger partial charge in [0.2, 0.25) is 23.6 Å². The second-order valence-electron chi connectivity index (χ2n) is 33.3. The summed E-state index contributed by atoms with van der Waals surface area (Å²) in [6, 6.07) is 31.5. The van der Waals surface area contributed by atoms with Gasteiger partial charge in [0.15, 0.2) is 11.6 Å². The van der Waals surface area contributed by atoms with E-state index in [4.69, 9.17) is 29.4 Å². The molecule has 0 unspecified atom stereocenters. The van der Waals surface area contributed by atoms with Crippen molar-refractivity contribution in [3.63, 3.8) is 0 Å². The minimum Gasteiger partial charge on any atom is -0.481 e. The van der Waals surface area contributed by atoms with E-state index in [9.17, 15) is 53.1 Å². The highest BCUT2D eigenvalue weighted by Gasteiger charge is 2.58. The van der Waals surface area contributed by atoms with Crippen LogP contribution < -0.4 is 37.2 Å². The lowest BCUT2D eigenvalue weighted by Crippen LogP contribution is -2.55. The molecule has 622 valence electrons. The molecular formula is C92H117N7O17. The molecule has 4 aliphatic carbocycles. The number of amides is 7. The van der Waals surface area contributed by atoms with Gasteiger partial charge >= 0.3 is 18.1 Å². The van der Waals surface area contributed by atoms with E-state index in [0.717, 1.165) is 85.6 Å². The minimum atomic E-state index is -1.20. The van der Waals surface area contributed by atoms with Gasteiger partial charge in [-0.25, -0.2) is 9.59 Å². The number of carbonyl (C=O) groups excluding carboxylic acids is 10. The molecule has 0 aromatic heterocycles. The largest absolute Gasteiger partial charge is 0.481 e. The maximum Gasteiger partial charge on any atom is 0.408 e. The Hall–Kier alpha value is -9.93. The Morgan fingerprint density at radius 2 is 1.17 bits per heavy atom. The Bertz CT molecular complexity index is 4430. The summed E-state index contributed by atoms with van der Waals surface area (Å²) < 4.78 is 28.0. The number of ketones is 4. The third kappa shape index (κ3) is 23.0. The fourth-order valence-corrected chi connectivity index (χ4v) is 18.5. The van der Waals surface area contributed by atoms with Gasteiger partial charge < -0.3 is 66.0 Å². The van der Waals surface area contributed by atoms with Crippen LogP contribution in [0, 0.1) is 53.3 Å². The summed E-state index contributed by atoms with van der Waals surface area (Å²) >= 11 is 0. The molecule has 2 fully saturated rings. The number of anilines is 2. The van der Waals surface area contributed by atoms with Crippen LogP contribution in [0.1, 0.15) is 206 Å². The van der Waals surface area contributed by atoms with Crippen LogP contribution >= 0.6 is 0 Å². The van der Waals surface area contributed by atoms with Gasteiger partial charge in [-0.15, -0.1) is 0 Å². The molecular weight excluding hydrogens is 1480 g/mol. The third-order valence-corrected chi connectivity index (χ3v) is 24.9. The number of para-hydroxylation sites is 1. The molecule has 5 aliphatic rings. The smallest absolute Gasteiger partial charge is 0.408 e. The van der Waals surface area contributed by atoms with Crippen molar-refractivity contribution in [1.29, 1.82) is 0 Å². The van der Waals surface area contributed by atoms with E-state index in [0.29, 0.717) is 61.7 Å². The van der Waals surface area contributed by atoms with Crippen molar-refractivity contribution in [2.24, 2.45) is 40.2 Å². The van der Waals surface area contributed by atoms with Crippen molar-refractivity contribution < 1.29 is 81.5 Å². The second kappa shape index (κ2) is 41.3. The average molecular weight is 1590 g/mol. The predicted molar refractivity (Wildman–Crippen MR) is 439 cm³/mol. The Morgan fingerprint density at radius 1 is 0.586 bits per heavy atom. The number of fused-ring (bicyclic) bond motifs is 8. The number of aliphatic carboxylic acids is 1. The zero-order valence-corrected chi connectivity index (χ0v) is 68.5. The molecule has 9 atom stereocenters. The zero-order chi connectivity index (χ0) is 83.2. The summed E-state index contributed by atoms with van der Waals surface area (Å²) in [7, 11) is 0. The maximum absolute atomic E-state index is 15.0. The van der Waals surface area contributed by atoms with Crippen LogP contribution in [-0.2, 0) is 110 Å². The van der Waals surface area contributed by atoms with E-state index in [2.05, 4.69) is 97.3 Å². The Labute approximate surface area is 681 Å². The minimum absolute atomic E-state index is 0.0252. The molecule has 2 saturated carbocycles. The summed E-state index contributed by atoms with van der Waals surface area (Å²) in [4.78, 5) is 150. The summed E-state index contributed by atoms with van der Waals surface area (Å²) in [6.45, 7) is 17.0.